The Morgan fingerprint density at radius 1 is 1.47 bits per heavy atom. The largest absolute Gasteiger partial charge is 0.379 e. The van der Waals surface area contributed by atoms with E-state index in [0.29, 0.717) is 19.8 Å². The number of ether oxygens (including phenoxy) is 1. The van der Waals surface area contributed by atoms with Gasteiger partial charge in [-0.25, -0.2) is 17.9 Å². The van der Waals surface area contributed by atoms with Crippen LogP contribution in [0.25, 0.3) is 0 Å². The van der Waals surface area contributed by atoms with Crippen LogP contribution in [0.4, 0.5) is 4.79 Å². The van der Waals surface area contributed by atoms with E-state index in [4.69, 9.17) is 4.74 Å². The average molecular weight is 265 g/mol. The van der Waals surface area contributed by atoms with Crippen LogP contribution < -0.4 is 15.4 Å². The van der Waals surface area contributed by atoms with E-state index < -0.39 is 10.0 Å². The Morgan fingerprint density at radius 2 is 2.24 bits per heavy atom. The highest BCUT2D eigenvalue weighted by Gasteiger charge is 2.17. The van der Waals surface area contributed by atoms with Gasteiger partial charge < -0.3 is 15.4 Å². The van der Waals surface area contributed by atoms with Crippen LogP contribution in [0, 0.1) is 0 Å². The molecule has 0 bridgehead atoms. The lowest BCUT2D eigenvalue weighted by atomic mass is 10.3. The molecule has 1 saturated heterocycles. The second-order valence-electron chi connectivity index (χ2n) is 3.78. The van der Waals surface area contributed by atoms with Crippen molar-refractivity contribution in [1.29, 1.82) is 0 Å². The maximum absolute atomic E-state index is 11.3. The van der Waals surface area contributed by atoms with Crippen LogP contribution in [0.5, 0.6) is 0 Å². The van der Waals surface area contributed by atoms with Crippen molar-refractivity contribution in [3.05, 3.63) is 0 Å². The molecule has 1 heterocycles. The molecule has 0 radical (unpaired) electrons. The normalized spacial score (nSPS) is 20.2. The number of carbonyl (C=O) groups excluding carboxylic acids is 1. The lowest BCUT2D eigenvalue weighted by Crippen LogP contribution is -2.44. The molecular weight excluding hydrogens is 246 g/mol. The Bertz CT molecular complexity index is 338. The molecule has 0 aliphatic carbocycles. The number of hydrogen-bond acceptors (Lipinski definition) is 4. The molecule has 0 spiro atoms. The van der Waals surface area contributed by atoms with Crippen LogP contribution >= 0.6 is 0 Å². The molecule has 8 heteroatoms. The van der Waals surface area contributed by atoms with E-state index in [9.17, 15) is 13.2 Å². The smallest absolute Gasteiger partial charge is 0.315 e. The van der Waals surface area contributed by atoms with Crippen molar-refractivity contribution in [1.82, 2.24) is 15.4 Å². The zero-order valence-corrected chi connectivity index (χ0v) is 10.7. The Hall–Kier alpha value is -0.860. The minimum absolute atomic E-state index is 0.0281. The predicted octanol–water partition coefficient (Wildman–Crippen LogP) is -0.986. The van der Waals surface area contributed by atoms with E-state index >= 15 is 0 Å². The Kier molecular flexibility index (Phi) is 5.66. The SMILES string of the molecule is CCNS(=O)(=O)CCNC(=O)NC1CCOC1. The summed E-state index contributed by atoms with van der Waals surface area (Å²) in [5.41, 5.74) is 0. The van der Waals surface area contributed by atoms with Gasteiger partial charge in [0.15, 0.2) is 0 Å². The summed E-state index contributed by atoms with van der Waals surface area (Å²) < 4.78 is 30.0. The summed E-state index contributed by atoms with van der Waals surface area (Å²) in [6.45, 7) is 3.32. The quantitative estimate of drug-likeness (QED) is 0.575. The lowest BCUT2D eigenvalue weighted by Gasteiger charge is -2.11. The third-order valence-corrected chi connectivity index (χ3v) is 3.76. The predicted molar refractivity (Wildman–Crippen MR) is 63.2 cm³/mol. The third-order valence-electron chi connectivity index (χ3n) is 2.29. The van der Waals surface area contributed by atoms with E-state index in [1.54, 1.807) is 6.92 Å². The molecule has 1 unspecified atom stereocenters. The first-order chi connectivity index (χ1) is 8.03. The zero-order valence-electron chi connectivity index (χ0n) is 9.86. The van der Waals surface area contributed by atoms with Crippen LogP contribution in [-0.4, -0.2) is 52.5 Å². The van der Waals surface area contributed by atoms with Crippen molar-refractivity contribution >= 4 is 16.1 Å². The summed E-state index contributed by atoms with van der Waals surface area (Å²) in [5, 5.41) is 5.21. The van der Waals surface area contributed by atoms with Gasteiger partial charge in [0.1, 0.15) is 0 Å². The zero-order chi connectivity index (χ0) is 12.7. The summed E-state index contributed by atoms with van der Waals surface area (Å²) >= 11 is 0. The molecule has 0 aromatic rings. The number of nitrogens with one attached hydrogen (secondary N) is 3. The van der Waals surface area contributed by atoms with Crippen molar-refractivity contribution in [3.8, 4) is 0 Å². The third kappa shape index (κ3) is 5.85. The molecule has 1 atom stereocenters. The molecular formula is C9H19N3O4S. The van der Waals surface area contributed by atoms with Crippen molar-refractivity contribution < 1.29 is 17.9 Å². The summed E-state index contributed by atoms with van der Waals surface area (Å²) in [4.78, 5) is 11.3. The van der Waals surface area contributed by atoms with Crippen LogP contribution in [0.15, 0.2) is 0 Å². The first kappa shape index (κ1) is 14.2. The minimum Gasteiger partial charge on any atom is -0.379 e. The van der Waals surface area contributed by atoms with E-state index in [2.05, 4.69) is 15.4 Å². The molecule has 0 aromatic heterocycles. The second kappa shape index (κ2) is 6.77. The maximum atomic E-state index is 11.3. The number of carbonyl (C=O) groups is 1. The van der Waals surface area contributed by atoms with Crippen molar-refractivity contribution in [3.63, 3.8) is 0 Å². The Labute approximate surface area is 101 Å². The molecule has 1 fully saturated rings. The van der Waals surface area contributed by atoms with Gasteiger partial charge in [-0.3, -0.25) is 0 Å². The number of urea groups is 1. The molecule has 3 N–H and O–H groups in total. The topological polar surface area (TPSA) is 96.5 Å². The molecule has 0 aromatic carbocycles. The first-order valence-corrected chi connectivity index (χ1v) is 7.28. The summed E-state index contributed by atoms with van der Waals surface area (Å²) in [6, 6.07) is -0.326. The van der Waals surface area contributed by atoms with Gasteiger partial charge in [-0.1, -0.05) is 6.92 Å². The molecule has 7 nitrogen and oxygen atoms in total. The number of hydrogen-bond donors (Lipinski definition) is 3. The number of rotatable bonds is 6. The van der Waals surface area contributed by atoms with Crippen LogP contribution in [0.3, 0.4) is 0 Å². The fraction of sp³-hybridized carbons (Fsp3) is 0.889. The molecule has 1 aliphatic heterocycles. The fourth-order valence-electron chi connectivity index (χ4n) is 1.48. The molecule has 17 heavy (non-hydrogen) atoms. The molecule has 100 valence electrons. The number of amides is 2. The standard InChI is InChI=1S/C9H19N3O4S/c1-2-11-17(14,15)6-4-10-9(13)12-8-3-5-16-7-8/h8,11H,2-7H2,1H3,(H2,10,12,13). The number of sulfonamides is 1. The van der Waals surface area contributed by atoms with Crippen molar-refractivity contribution in [2.24, 2.45) is 0 Å². The highest BCUT2D eigenvalue weighted by atomic mass is 32.2. The maximum Gasteiger partial charge on any atom is 0.315 e. The molecule has 0 saturated carbocycles. The van der Waals surface area contributed by atoms with Gasteiger partial charge in [-0.15, -0.1) is 0 Å². The highest BCUT2D eigenvalue weighted by Crippen LogP contribution is 2.02. The van der Waals surface area contributed by atoms with Gasteiger partial charge in [-0.05, 0) is 6.42 Å². The van der Waals surface area contributed by atoms with Gasteiger partial charge in [0.25, 0.3) is 0 Å². The van der Waals surface area contributed by atoms with Gasteiger partial charge in [0, 0.05) is 19.7 Å². The minimum atomic E-state index is -3.27. The van der Waals surface area contributed by atoms with Crippen molar-refractivity contribution in [2.75, 3.05) is 32.1 Å². The van der Waals surface area contributed by atoms with E-state index in [0.717, 1.165) is 6.42 Å². The Balaban J connectivity index is 2.15. The van der Waals surface area contributed by atoms with Gasteiger partial charge in [0.2, 0.25) is 10.0 Å². The van der Waals surface area contributed by atoms with E-state index in [-0.39, 0.29) is 24.4 Å². The summed E-state index contributed by atoms with van der Waals surface area (Å²) in [6.07, 6.45) is 0.795. The average Bonchev–Trinajstić information content (AvgIpc) is 2.69. The fourth-order valence-corrected chi connectivity index (χ4v) is 2.43. The van der Waals surface area contributed by atoms with Crippen LogP contribution in [0.1, 0.15) is 13.3 Å². The molecule has 1 aliphatic rings. The lowest BCUT2D eigenvalue weighted by molar-refractivity contribution is 0.188. The molecule has 1 rings (SSSR count). The monoisotopic (exact) mass is 265 g/mol. The molecule has 2 amide bonds. The second-order valence-corrected chi connectivity index (χ2v) is 5.70. The van der Waals surface area contributed by atoms with Crippen LogP contribution in [-0.2, 0) is 14.8 Å². The van der Waals surface area contributed by atoms with Gasteiger partial charge >= 0.3 is 6.03 Å². The van der Waals surface area contributed by atoms with Crippen molar-refractivity contribution in [2.45, 2.75) is 19.4 Å². The van der Waals surface area contributed by atoms with Gasteiger partial charge in [0.05, 0.1) is 18.4 Å². The summed E-state index contributed by atoms with van der Waals surface area (Å²) in [5.74, 6) is -0.116. The first-order valence-electron chi connectivity index (χ1n) is 5.63. The Morgan fingerprint density at radius 3 is 2.82 bits per heavy atom. The summed E-state index contributed by atoms with van der Waals surface area (Å²) in [7, 11) is -3.27. The van der Waals surface area contributed by atoms with E-state index in [1.807, 2.05) is 0 Å². The van der Waals surface area contributed by atoms with E-state index in [1.165, 1.54) is 0 Å². The van der Waals surface area contributed by atoms with Crippen LogP contribution in [0.2, 0.25) is 0 Å². The van der Waals surface area contributed by atoms with Gasteiger partial charge in [-0.2, -0.15) is 0 Å². The highest BCUT2D eigenvalue weighted by molar-refractivity contribution is 7.89.